The molecule has 0 radical (unpaired) electrons. The number of pyridine rings is 1. The maximum atomic E-state index is 13.0. The fourth-order valence-corrected chi connectivity index (χ4v) is 3.29. The van der Waals surface area contributed by atoms with Gasteiger partial charge in [0.1, 0.15) is 11.4 Å². The van der Waals surface area contributed by atoms with Crippen molar-refractivity contribution >= 4 is 39.3 Å². The number of nitrogens with one attached hydrogen (secondary N) is 1. The fraction of sp³-hybridized carbons (Fsp3) is 0.200. The Morgan fingerprint density at radius 1 is 1.31 bits per heavy atom. The van der Waals surface area contributed by atoms with E-state index in [2.05, 4.69) is 26.2 Å². The van der Waals surface area contributed by atoms with Crippen LogP contribution in [0.3, 0.4) is 0 Å². The van der Waals surface area contributed by atoms with Crippen molar-refractivity contribution < 1.29 is 24.2 Å². The molecule has 150 valence electrons. The number of carbonyl (C=O) groups excluding carboxylic acids is 3. The molecule has 1 aromatic heterocycles. The van der Waals surface area contributed by atoms with E-state index in [9.17, 15) is 19.5 Å². The lowest BCUT2D eigenvalue weighted by atomic mass is 10.0. The number of hydrogen-bond acceptors (Lipinski definition) is 7. The van der Waals surface area contributed by atoms with Gasteiger partial charge in [-0.1, -0.05) is 22.0 Å². The molecule has 0 aliphatic carbocycles. The van der Waals surface area contributed by atoms with E-state index < -0.39 is 11.9 Å². The number of esters is 1. The number of ether oxygens (including phenoxy) is 1. The van der Waals surface area contributed by atoms with Gasteiger partial charge in [0.05, 0.1) is 31.5 Å². The molecule has 1 aliphatic rings. The molecule has 9 heteroatoms. The summed E-state index contributed by atoms with van der Waals surface area (Å²) in [6.45, 7) is -0.159. The van der Waals surface area contributed by atoms with Crippen LogP contribution in [0.1, 0.15) is 16.1 Å². The SMILES string of the molecule is COC(=O)C1=C(Nc2ccc(Br)cc2C(=O)c2ccccn2)C(=O)N(CCO)C1. The molecule has 0 unspecified atom stereocenters. The van der Waals surface area contributed by atoms with Crippen LogP contribution in [-0.4, -0.2) is 59.5 Å². The Balaban J connectivity index is 2.01. The van der Waals surface area contributed by atoms with Crippen molar-refractivity contribution in [3.05, 3.63) is 69.6 Å². The number of aromatic nitrogens is 1. The largest absolute Gasteiger partial charge is 0.466 e. The van der Waals surface area contributed by atoms with Crippen LogP contribution >= 0.6 is 15.9 Å². The minimum absolute atomic E-state index is 0.00838. The molecule has 1 aliphatic heterocycles. The summed E-state index contributed by atoms with van der Waals surface area (Å²) in [5.74, 6) is -1.46. The van der Waals surface area contributed by atoms with Crippen LogP contribution in [0, 0.1) is 0 Å². The molecule has 8 nitrogen and oxygen atoms in total. The number of methoxy groups -OCH3 is 1. The highest BCUT2D eigenvalue weighted by Gasteiger charge is 2.35. The van der Waals surface area contributed by atoms with Crippen molar-refractivity contribution in [3.63, 3.8) is 0 Å². The van der Waals surface area contributed by atoms with Gasteiger partial charge in [-0.05, 0) is 30.3 Å². The van der Waals surface area contributed by atoms with Gasteiger partial charge < -0.3 is 20.1 Å². The van der Waals surface area contributed by atoms with E-state index in [1.54, 1.807) is 36.4 Å². The summed E-state index contributed by atoms with van der Waals surface area (Å²) in [7, 11) is 1.22. The number of rotatable bonds is 7. The molecule has 0 atom stereocenters. The second-order valence-electron chi connectivity index (χ2n) is 6.15. The first-order valence-electron chi connectivity index (χ1n) is 8.70. The third kappa shape index (κ3) is 4.36. The van der Waals surface area contributed by atoms with Gasteiger partial charge in [-0.15, -0.1) is 0 Å². The van der Waals surface area contributed by atoms with Crippen LogP contribution in [0.2, 0.25) is 0 Å². The molecule has 2 N–H and O–H groups in total. The number of amides is 1. The molecule has 0 saturated carbocycles. The van der Waals surface area contributed by atoms with Crippen LogP contribution in [0.5, 0.6) is 0 Å². The molecule has 0 bridgehead atoms. The first kappa shape index (κ1) is 20.7. The van der Waals surface area contributed by atoms with E-state index in [-0.39, 0.29) is 48.0 Å². The minimum Gasteiger partial charge on any atom is -0.466 e. The molecule has 0 saturated heterocycles. The minimum atomic E-state index is -0.656. The van der Waals surface area contributed by atoms with Crippen molar-refractivity contribution in [3.8, 4) is 0 Å². The van der Waals surface area contributed by atoms with Crippen LogP contribution in [0.15, 0.2) is 58.3 Å². The fourth-order valence-electron chi connectivity index (χ4n) is 2.93. The van der Waals surface area contributed by atoms with Crippen molar-refractivity contribution in [1.82, 2.24) is 9.88 Å². The summed E-state index contributed by atoms with van der Waals surface area (Å²) in [5, 5.41) is 12.1. The van der Waals surface area contributed by atoms with Gasteiger partial charge >= 0.3 is 5.97 Å². The third-order valence-electron chi connectivity index (χ3n) is 4.34. The summed E-state index contributed by atoms with van der Waals surface area (Å²) < 4.78 is 5.45. The van der Waals surface area contributed by atoms with Crippen LogP contribution < -0.4 is 5.32 Å². The van der Waals surface area contributed by atoms with E-state index >= 15 is 0 Å². The number of nitrogens with zero attached hydrogens (tertiary/aromatic N) is 2. The number of benzene rings is 1. The van der Waals surface area contributed by atoms with E-state index in [1.807, 2.05) is 0 Å². The first-order chi connectivity index (χ1) is 14.0. The standard InChI is InChI=1S/C20H18BrN3O5/c1-29-20(28)14-11-24(8-9-25)19(27)17(14)23-15-6-5-12(21)10-13(15)18(26)16-4-2-3-7-22-16/h2-7,10,23,25H,8-9,11H2,1H3. The Kier molecular flexibility index (Phi) is 6.40. The number of aliphatic hydroxyl groups excluding tert-OH is 1. The molecule has 1 aromatic carbocycles. The van der Waals surface area contributed by atoms with Crippen LogP contribution in [0.25, 0.3) is 0 Å². The van der Waals surface area contributed by atoms with E-state index in [0.717, 1.165) is 0 Å². The molecule has 0 spiro atoms. The number of aliphatic hydroxyl groups is 1. The average molecular weight is 460 g/mol. The Morgan fingerprint density at radius 3 is 2.76 bits per heavy atom. The molecule has 29 heavy (non-hydrogen) atoms. The highest BCUT2D eigenvalue weighted by atomic mass is 79.9. The molecular weight excluding hydrogens is 442 g/mol. The van der Waals surface area contributed by atoms with E-state index in [4.69, 9.17) is 4.74 Å². The normalized spacial score (nSPS) is 13.6. The monoisotopic (exact) mass is 459 g/mol. The number of anilines is 1. The molecule has 0 fully saturated rings. The Bertz CT molecular complexity index is 991. The van der Waals surface area contributed by atoms with Gasteiger partial charge in [-0.25, -0.2) is 4.79 Å². The molecule has 2 heterocycles. The smallest absolute Gasteiger partial charge is 0.337 e. The first-order valence-corrected chi connectivity index (χ1v) is 9.49. The Labute approximate surface area is 175 Å². The predicted octanol–water partition coefficient (Wildman–Crippen LogP) is 1.75. The van der Waals surface area contributed by atoms with Crippen molar-refractivity contribution in [1.29, 1.82) is 0 Å². The van der Waals surface area contributed by atoms with Gasteiger partial charge in [0.25, 0.3) is 5.91 Å². The lowest BCUT2D eigenvalue weighted by Gasteiger charge is -2.16. The van der Waals surface area contributed by atoms with E-state index in [1.165, 1.54) is 18.2 Å². The number of ketones is 1. The quantitative estimate of drug-likeness (QED) is 0.479. The molecule has 2 aromatic rings. The Hall–Kier alpha value is -3.04. The highest BCUT2D eigenvalue weighted by molar-refractivity contribution is 9.10. The van der Waals surface area contributed by atoms with Gasteiger partial charge in [0, 0.05) is 22.8 Å². The lowest BCUT2D eigenvalue weighted by molar-refractivity contribution is -0.136. The van der Waals surface area contributed by atoms with Crippen molar-refractivity contribution in [2.24, 2.45) is 0 Å². The van der Waals surface area contributed by atoms with Crippen molar-refractivity contribution in [2.45, 2.75) is 0 Å². The predicted molar refractivity (Wildman–Crippen MR) is 108 cm³/mol. The van der Waals surface area contributed by atoms with Gasteiger partial charge in [-0.3, -0.25) is 14.6 Å². The Morgan fingerprint density at radius 2 is 2.10 bits per heavy atom. The molecular formula is C20H18BrN3O5. The van der Waals surface area contributed by atoms with Crippen molar-refractivity contribution in [2.75, 3.05) is 32.1 Å². The van der Waals surface area contributed by atoms with Crippen LogP contribution in [0.4, 0.5) is 5.69 Å². The summed E-state index contributed by atoms with van der Waals surface area (Å²) in [5.41, 5.74) is 1.02. The third-order valence-corrected chi connectivity index (χ3v) is 4.83. The van der Waals surface area contributed by atoms with Crippen LogP contribution in [-0.2, 0) is 14.3 Å². The second-order valence-corrected chi connectivity index (χ2v) is 7.07. The van der Waals surface area contributed by atoms with E-state index in [0.29, 0.717) is 10.2 Å². The summed E-state index contributed by atoms with van der Waals surface area (Å²) in [6.07, 6.45) is 1.52. The zero-order chi connectivity index (χ0) is 21.0. The number of carbonyl (C=O) groups is 3. The number of halogens is 1. The zero-order valence-electron chi connectivity index (χ0n) is 15.5. The summed E-state index contributed by atoms with van der Waals surface area (Å²) in [4.78, 5) is 43.3. The second kappa shape index (κ2) is 8.97. The molecule has 3 rings (SSSR count). The summed E-state index contributed by atoms with van der Waals surface area (Å²) >= 11 is 3.35. The number of hydrogen-bond donors (Lipinski definition) is 2. The maximum absolute atomic E-state index is 13.0. The van der Waals surface area contributed by atoms with Gasteiger partial charge in [0.2, 0.25) is 5.78 Å². The molecule has 1 amide bonds. The average Bonchev–Trinajstić information content (AvgIpc) is 3.04. The van der Waals surface area contributed by atoms with Gasteiger partial charge in [0.15, 0.2) is 0 Å². The summed E-state index contributed by atoms with van der Waals surface area (Å²) in [6, 6.07) is 9.96. The number of β-amino-alcohol motifs (C(OH)–C–C–N with tert-alkyl or cyclic N) is 1. The highest BCUT2D eigenvalue weighted by Crippen LogP contribution is 2.28. The zero-order valence-corrected chi connectivity index (χ0v) is 17.1. The topological polar surface area (TPSA) is 109 Å². The lowest BCUT2D eigenvalue weighted by Crippen LogP contribution is -2.31. The van der Waals surface area contributed by atoms with Gasteiger partial charge in [-0.2, -0.15) is 0 Å². The maximum Gasteiger partial charge on any atom is 0.337 e.